The summed E-state index contributed by atoms with van der Waals surface area (Å²) in [4.78, 5) is 0. The predicted molar refractivity (Wildman–Crippen MR) is 137 cm³/mol. The summed E-state index contributed by atoms with van der Waals surface area (Å²) in [5.74, 6) is 0.767. The second-order valence-corrected chi connectivity index (χ2v) is 9.38. The monoisotopic (exact) mass is 494 g/mol. The quantitative estimate of drug-likeness (QED) is 0.342. The van der Waals surface area contributed by atoms with E-state index in [0.29, 0.717) is 0 Å². The summed E-state index contributed by atoms with van der Waals surface area (Å²) in [5.41, 5.74) is 15.7. The molecule has 0 amide bonds. The molecule has 0 saturated carbocycles. The molecular weight excluding hydrogens is 452 g/mol. The summed E-state index contributed by atoms with van der Waals surface area (Å²) in [6.07, 6.45) is 3.57. The fourth-order valence-electron chi connectivity index (χ4n) is 3.72. The molecule has 3 rings (SSSR count). The molecule has 0 bridgehead atoms. The maximum absolute atomic E-state index is 2.34. The zero-order chi connectivity index (χ0) is 23.2. The van der Waals surface area contributed by atoms with Crippen LogP contribution < -0.4 is 0 Å². The largest absolute Gasteiger partial charge is 0.0808 e. The van der Waals surface area contributed by atoms with Gasteiger partial charge in [-0.15, -0.1) is 0 Å². The van der Waals surface area contributed by atoms with E-state index in [1.54, 1.807) is 5.57 Å². The van der Waals surface area contributed by atoms with Gasteiger partial charge in [-0.2, -0.15) is 0 Å². The van der Waals surface area contributed by atoms with Gasteiger partial charge in [0.05, 0.1) is 0 Å². The van der Waals surface area contributed by atoms with Crippen LogP contribution in [0.3, 0.4) is 0 Å². The number of allylic oxidation sites excluding steroid dienone is 4. The summed E-state index contributed by atoms with van der Waals surface area (Å²) in [6, 6.07) is 8.93. The van der Waals surface area contributed by atoms with Crippen LogP contribution in [0.2, 0.25) is 0 Å². The Balaban J connectivity index is 0.000000429. The summed E-state index contributed by atoms with van der Waals surface area (Å²) >= 11 is 0. The van der Waals surface area contributed by atoms with Crippen molar-refractivity contribution in [1.29, 1.82) is 0 Å². The van der Waals surface area contributed by atoms with Crippen LogP contribution in [0.15, 0.2) is 47.1 Å². The van der Waals surface area contributed by atoms with Crippen LogP contribution in [-0.4, -0.2) is 0 Å². The van der Waals surface area contributed by atoms with Crippen molar-refractivity contribution in [2.24, 2.45) is 5.92 Å². The number of aryl methyl sites for hydroxylation is 7. The zero-order valence-corrected chi connectivity index (χ0v) is 24.6. The molecule has 1 aliphatic rings. The van der Waals surface area contributed by atoms with Crippen molar-refractivity contribution < 1.29 is 26.2 Å². The first-order valence-corrected chi connectivity index (χ1v) is 11.3. The van der Waals surface area contributed by atoms with Crippen LogP contribution in [0, 0.1) is 61.3 Å². The van der Waals surface area contributed by atoms with E-state index in [2.05, 4.69) is 113 Å². The van der Waals surface area contributed by atoms with Crippen molar-refractivity contribution >= 4 is 0 Å². The molecule has 0 aromatic heterocycles. The Morgan fingerprint density at radius 2 is 0.968 bits per heavy atom. The molecule has 1 aliphatic carbocycles. The van der Waals surface area contributed by atoms with Crippen molar-refractivity contribution in [3.63, 3.8) is 0 Å². The van der Waals surface area contributed by atoms with Gasteiger partial charge in [-0.1, -0.05) is 54.0 Å². The van der Waals surface area contributed by atoms with Gasteiger partial charge in [-0.25, -0.2) is 0 Å². The van der Waals surface area contributed by atoms with E-state index in [-0.39, 0.29) is 26.2 Å². The topological polar surface area (TPSA) is 0 Å². The van der Waals surface area contributed by atoms with Gasteiger partial charge in [0.15, 0.2) is 0 Å². The van der Waals surface area contributed by atoms with Crippen LogP contribution in [0.25, 0.3) is 0 Å². The first-order chi connectivity index (χ1) is 13.8. The average Bonchev–Trinajstić information content (AvgIpc) is 2.67. The summed E-state index contributed by atoms with van der Waals surface area (Å²) in [7, 11) is 0. The minimum Gasteiger partial charge on any atom is -0.0808 e. The van der Waals surface area contributed by atoms with Gasteiger partial charge in [-0.05, 0) is 133 Å². The third-order valence-corrected chi connectivity index (χ3v) is 6.88. The minimum atomic E-state index is 0. The first-order valence-electron chi connectivity index (χ1n) is 11.3. The molecule has 0 spiro atoms. The Hall–Kier alpha value is -1.20. The number of hydrogen-bond acceptors (Lipinski definition) is 0. The second kappa shape index (κ2) is 13.4. The Bertz CT molecular complexity index is 868. The van der Waals surface area contributed by atoms with Gasteiger partial charge < -0.3 is 0 Å². The molecule has 2 aromatic carbocycles. The number of benzene rings is 2. The molecule has 1 unspecified atom stereocenters. The predicted octanol–water partition coefficient (Wildman–Crippen LogP) is 9.15. The Labute approximate surface area is 212 Å². The van der Waals surface area contributed by atoms with Crippen LogP contribution in [0.4, 0.5) is 0 Å². The molecule has 0 N–H and O–H groups in total. The van der Waals surface area contributed by atoms with Crippen LogP contribution in [-0.2, 0) is 26.2 Å². The standard InChI is InChI=1S/2C10H14.C10H16.Zr/c1-7-5-9(3)10(4)6-8(7)2;1-7-5-8(2)10(4)9(3)6-7;1-7-5-6-8(2)10(4)9(7)3;/h2*5-6H,1-4H3;5,8H,6H2,1-4H3;. The summed E-state index contributed by atoms with van der Waals surface area (Å²) in [6.45, 7) is 26.2. The second-order valence-electron chi connectivity index (χ2n) is 9.38. The van der Waals surface area contributed by atoms with Gasteiger partial charge >= 0.3 is 0 Å². The Kier molecular flexibility index (Phi) is 12.9. The average molecular weight is 496 g/mol. The molecule has 0 aliphatic heterocycles. The zero-order valence-electron chi connectivity index (χ0n) is 22.2. The molecule has 0 nitrogen and oxygen atoms in total. The van der Waals surface area contributed by atoms with Crippen molar-refractivity contribution in [1.82, 2.24) is 0 Å². The van der Waals surface area contributed by atoms with Crippen molar-refractivity contribution in [2.45, 2.75) is 89.5 Å². The van der Waals surface area contributed by atoms with Crippen LogP contribution in [0.5, 0.6) is 0 Å². The minimum absolute atomic E-state index is 0. The fraction of sp³-hybridized carbons (Fsp3) is 0.467. The van der Waals surface area contributed by atoms with Crippen LogP contribution >= 0.6 is 0 Å². The molecule has 0 saturated heterocycles. The molecule has 2 aromatic rings. The summed E-state index contributed by atoms with van der Waals surface area (Å²) in [5, 5.41) is 0. The molecule has 0 heterocycles. The van der Waals surface area contributed by atoms with E-state index in [4.69, 9.17) is 0 Å². The molecule has 0 fully saturated rings. The Morgan fingerprint density at radius 1 is 0.581 bits per heavy atom. The smallest absolute Gasteiger partial charge is 0 e. The number of rotatable bonds is 0. The molecule has 1 atom stereocenters. The normalized spacial score (nSPS) is 15.1. The maximum Gasteiger partial charge on any atom is 0 e. The number of hydrogen-bond donors (Lipinski definition) is 0. The van der Waals surface area contributed by atoms with Crippen LogP contribution in [0.1, 0.15) is 78.6 Å². The van der Waals surface area contributed by atoms with Gasteiger partial charge in [0.1, 0.15) is 0 Å². The molecular formula is C30H44Zr. The van der Waals surface area contributed by atoms with E-state index in [0.717, 1.165) is 5.92 Å². The van der Waals surface area contributed by atoms with Crippen molar-refractivity contribution in [2.75, 3.05) is 0 Å². The van der Waals surface area contributed by atoms with E-state index in [9.17, 15) is 0 Å². The molecule has 168 valence electrons. The maximum atomic E-state index is 2.34. The van der Waals surface area contributed by atoms with Crippen molar-refractivity contribution in [3.8, 4) is 0 Å². The first kappa shape index (κ1) is 29.8. The van der Waals surface area contributed by atoms with E-state index >= 15 is 0 Å². The van der Waals surface area contributed by atoms with E-state index in [1.165, 1.54) is 62.1 Å². The summed E-state index contributed by atoms with van der Waals surface area (Å²) < 4.78 is 0. The van der Waals surface area contributed by atoms with Gasteiger partial charge in [-0.3, -0.25) is 0 Å². The van der Waals surface area contributed by atoms with Crippen molar-refractivity contribution in [3.05, 3.63) is 91.6 Å². The van der Waals surface area contributed by atoms with Gasteiger partial charge in [0.2, 0.25) is 0 Å². The SMILES string of the molecule is CC1=CCC(C)C(C)=C1C.Cc1cc(C)c(C)c(C)c1.Cc1cc(C)c(C)cc1C.[Zr]. The third kappa shape index (κ3) is 9.06. The fourth-order valence-corrected chi connectivity index (χ4v) is 3.72. The van der Waals surface area contributed by atoms with Gasteiger partial charge in [0, 0.05) is 26.2 Å². The van der Waals surface area contributed by atoms with E-state index < -0.39 is 0 Å². The Morgan fingerprint density at radius 3 is 1.32 bits per heavy atom. The third-order valence-electron chi connectivity index (χ3n) is 6.88. The molecule has 1 heteroatoms. The van der Waals surface area contributed by atoms with E-state index in [1.807, 2.05) is 0 Å². The molecule has 31 heavy (non-hydrogen) atoms. The molecule has 0 radical (unpaired) electrons. The van der Waals surface area contributed by atoms with Gasteiger partial charge in [0.25, 0.3) is 0 Å².